The van der Waals surface area contributed by atoms with Gasteiger partial charge in [0.1, 0.15) is 0 Å². The van der Waals surface area contributed by atoms with E-state index in [9.17, 15) is 8.42 Å². The first-order valence-corrected chi connectivity index (χ1v) is 7.46. The van der Waals surface area contributed by atoms with E-state index in [0.29, 0.717) is 0 Å². The maximum absolute atomic E-state index is 11.5. The molecule has 0 aliphatic carbocycles. The Morgan fingerprint density at radius 2 is 2.00 bits per heavy atom. The number of hydrogen-bond acceptors (Lipinski definition) is 4. The van der Waals surface area contributed by atoms with Gasteiger partial charge in [0, 0.05) is 23.0 Å². The van der Waals surface area contributed by atoms with Crippen molar-refractivity contribution in [3.05, 3.63) is 29.8 Å². The number of sulfone groups is 1. The molecule has 0 bridgehead atoms. The van der Waals surface area contributed by atoms with Gasteiger partial charge < -0.3 is 10.4 Å². The first-order valence-electron chi connectivity index (χ1n) is 5.64. The number of aliphatic hydroxyl groups excluding tert-OH is 1. The topological polar surface area (TPSA) is 66.4 Å². The zero-order valence-electron chi connectivity index (χ0n) is 10.2. The molecule has 0 radical (unpaired) electrons. The van der Waals surface area contributed by atoms with Crippen LogP contribution in [0.3, 0.4) is 0 Å². The van der Waals surface area contributed by atoms with Gasteiger partial charge in [0.15, 0.2) is 9.84 Å². The third kappa shape index (κ3) is 4.36. The van der Waals surface area contributed by atoms with Crippen molar-refractivity contribution in [1.82, 2.24) is 0 Å². The summed E-state index contributed by atoms with van der Waals surface area (Å²) in [5.41, 5.74) is 1.56. The maximum Gasteiger partial charge on any atom is 0.152 e. The van der Waals surface area contributed by atoms with Crippen molar-refractivity contribution in [2.75, 3.05) is 16.8 Å². The smallest absolute Gasteiger partial charge is 0.152 e. The average Bonchev–Trinajstić information content (AvgIpc) is 2.29. The second-order valence-corrected chi connectivity index (χ2v) is 6.46. The van der Waals surface area contributed by atoms with E-state index in [0.717, 1.165) is 11.3 Å². The largest absolute Gasteiger partial charge is 0.392 e. The van der Waals surface area contributed by atoms with Crippen molar-refractivity contribution in [3.8, 4) is 0 Å². The van der Waals surface area contributed by atoms with Gasteiger partial charge in [-0.2, -0.15) is 0 Å². The lowest BCUT2D eigenvalue weighted by atomic mass is 10.2. The number of benzene rings is 1. The van der Waals surface area contributed by atoms with Crippen LogP contribution in [0.4, 0.5) is 5.69 Å². The lowest BCUT2D eigenvalue weighted by Crippen LogP contribution is -2.27. The van der Waals surface area contributed by atoms with E-state index in [1.807, 2.05) is 31.2 Å². The van der Waals surface area contributed by atoms with Crippen LogP contribution in [0, 0.1) is 0 Å². The molecule has 0 spiro atoms. The van der Waals surface area contributed by atoms with Gasteiger partial charge in [0.25, 0.3) is 0 Å². The lowest BCUT2D eigenvalue weighted by Gasteiger charge is -2.17. The Morgan fingerprint density at radius 1 is 1.35 bits per heavy atom. The zero-order valence-corrected chi connectivity index (χ0v) is 11.0. The fourth-order valence-corrected chi connectivity index (χ4v) is 2.69. The standard InChI is InChI=1S/C12H19NO3S/c1-3-17(15,16)9-10(2)13-12-7-5-4-6-11(12)8-14/h4-7,10,13-14H,3,8-9H2,1-2H3. The number of anilines is 1. The molecule has 0 saturated heterocycles. The predicted molar refractivity (Wildman–Crippen MR) is 69.8 cm³/mol. The van der Waals surface area contributed by atoms with Crippen LogP contribution in [0.25, 0.3) is 0 Å². The second-order valence-electron chi connectivity index (χ2n) is 4.06. The van der Waals surface area contributed by atoms with E-state index in [4.69, 9.17) is 5.11 Å². The fraction of sp³-hybridized carbons (Fsp3) is 0.500. The van der Waals surface area contributed by atoms with E-state index in [1.165, 1.54) is 0 Å². The fourth-order valence-electron chi connectivity index (χ4n) is 1.60. The third-order valence-electron chi connectivity index (χ3n) is 2.53. The van der Waals surface area contributed by atoms with Crippen LogP contribution in [0.2, 0.25) is 0 Å². The molecule has 0 aliphatic rings. The monoisotopic (exact) mass is 257 g/mol. The van der Waals surface area contributed by atoms with Gasteiger partial charge in [-0.1, -0.05) is 25.1 Å². The molecule has 0 aromatic heterocycles. The van der Waals surface area contributed by atoms with Crippen LogP contribution in [0.15, 0.2) is 24.3 Å². The van der Waals surface area contributed by atoms with Crippen LogP contribution in [-0.4, -0.2) is 31.1 Å². The van der Waals surface area contributed by atoms with E-state index in [1.54, 1.807) is 6.92 Å². The van der Waals surface area contributed by atoms with Crippen molar-refractivity contribution in [2.45, 2.75) is 26.5 Å². The summed E-state index contributed by atoms with van der Waals surface area (Å²) >= 11 is 0. The summed E-state index contributed by atoms with van der Waals surface area (Å²) < 4.78 is 22.9. The first kappa shape index (κ1) is 14.0. The van der Waals surface area contributed by atoms with Crippen LogP contribution in [0.5, 0.6) is 0 Å². The number of hydrogen-bond donors (Lipinski definition) is 2. The molecule has 1 rings (SSSR count). The van der Waals surface area contributed by atoms with Crippen LogP contribution >= 0.6 is 0 Å². The highest BCUT2D eigenvalue weighted by atomic mass is 32.2. The molecule has 0 amide bonds. The Balaban J connectivity index is 2.71. The third-order valence-corrected chi connectivity index (χ3v) is 4.42. The van der Waals surface area contributed by atoms with Gasteiger partial charge in [-0.25, -0.2) is 8.42 Å². The highest BCUT2D eigenvalue weighted by Gasteiger charge is 2.14. The van der Waals surface area contributed by atoms with Crippen LogP contribution in [0.1, 0.15) is 19.4 Å². The molecule has 0 fully saturated rings. The summed E-state index contributed by atoms with van der Waals surface area (Å²) in [7, 11) is -2.98. The number of para-hydroxylation sites is 1. The molecule has 1 aromatic carbocycles. The van der Waals surface area contributed by atoms with Gasteiger partial charge in [-0.05, 0) is 13.0 Å². The summed E-state index contributed by atoms with van der Waals surface area (Å²) in [4.78, 5) is 0. The molecule has 2 N–H and O–H groups in total. The van der Waals surface area contributed by atoms with Gasteiger partial charge in [0.2, 0.25) is 0 Å². The predicted octanol–water partition coefficient (Wildman–Crippen LogP) is 1.41. The minimum Gasteiger partial charge on any atom is -0.392 e. The molecule has 96 valence electrons. The molecule has 0 saturated carbocycles. The van der Waals surface area contributed by atoms with Gasteiger partial charge in [-0.3, -0.25) is 0 Å². The normalized spacial score (nSPS) is 13.4. The summed E-state index contributed by atoms with van der Waals surface area (Å²) in [6.45, 7) is 3.40. The molecule has 1 aromatic rings. The Bertz CT molecular complexity index is 457. The van der Waals surface area contributed by atoms with E-state index in [-0.39, 0.29) is 24.2 Å². The minimum absolute atomic E-state index is 0.0591. The van der Waals surface area contributed by atoms with Crippen molar-refractivity contribution >= 4 is 15.5 Å². The van der Waals surface area contributed by atoms with E-state index < -0.39 is 9.84 Å². The lowest BCUT2D eigenvalue weighted by molar-refractivity contribution is 0.282. The summed E-state index contributed by atoms with van der Waals surface area (Å²) in [6.07, 6.45) is 0. The van der Waals surface area contributed by atoms with Crippen molar-refractivity contribution < 1.29 is 13.5 Å². The van der Waals surface area contributed by atoms with E-state index in [2.05, 4.69) is 5.32 Å². The Hall–Kier alpha value is -1.07. The van der Waals surface area contributed by atoms with Gasteiger partial charge in [0.05, 0.1) is 12.4 Å². The summed E-state index contributed by atoms with van der Waals surface area (Å²) in [6, 6.07) is 7.16. The highest BCUT2D eigenvalue weighted by molar-refractivity contribution is 7.91. The van der Waals surface area contributed by atoms with Crippen molar-refractivity contribution in [1.29, 1.82) is 0 Å². The molecule has 1 atom stereocenters. The average molecular weight is 257 g/mol. The second kappa shape index (κ2) is 6.02. The quantitative estimate of drug-likeness (QED) is 0.808. The van der Waals surface area contributed by atoms with Crippen LogP contribution in [-0.2, 0) is 16.4 Å². The summed E-state index contributed by atoms with van der Waals surface area (Å²) in [5, 5.41) is 12.3. The number of rotatable bonds is 6. The molecular weight excluding hydrogens is 238 g/mol. The Labute approximate surface area is 103 Å². The molecule has 17 heavy (non-hydrogen) atoms. The zero-order chi connectivity index (χ0) is 12.9. The molecule has 5 heteroatoms. The first-order chi connectivity index (χ1) is 7.98. The molecule has 0 aliphatic heterocycles. The molecular formula is C12H19NO3S. The molecule has 1 unspecified atom stereocenters. The minimum atomic E-state index is -2.98. The van der Waals surface area contributed by atoms with Crippen molar-refractivity contribution in [2.24, 2.45) is 0 Å². The Morgan fingerprint density at radius 3 is 2.59 bits per heavy atom. The summed E-state index contributed by atoms with van der Waals surface area (Å²) in [5.74, 6) is 0.254. The SMILES string of the molecule is CCS(=O)(=O)CC(C)Nc1ccccc1CO. The van der Waals surface area contributed by atoms with E-state index >= 15 is 0 Å². The highest BCUT2D eigenvalue weighted by Crippen LogP contribution is 2.16. The van der Waals surface area contributed by atoms with Gasteiger partial charge in [-0.15, -0.1) is 0 Å². The number of aliphatic hydroxyl groups is 1. The van der Waals surface area contributed by atoms with Crippen molar-refractivity contribution in [3.63, 3.8) is 0 Å². The van der Waals surface area contributed by atoms with Gasteiger partial charge >= 0.3 is 0 Å². The Kier molecular flexibility index (Phi) is 4.96. The maximum atomic E-state index is 11.5. The van der Waals surface area contributed by atoms with Crippen LogP contribution < -0.4 is 5.32 Å². The number of nitrogens with one attached hydrogen (secondary N) is 1. The molecule has 0 heterocycles. The molecule has 4 nitrogen and oxygen atoms in total.